The first-order chi connectivity index (χ1) is 7.39. The molecule has 0 bridgehead atoms. The lowest BCUT2D eigenvalue weighted by Crippen LogP contribution is -2.35. The lowest BCUT2D eigenvalue weighted by Gasteiger charge is -2.42. The van der Waals surface area contributed by atoms with Gasteiger partial charge in [0.15, 0.2) is 0 Å². The lowest BCUT2D eigenvalue weighted by atomic mass is 9.63. The SMILES string of the molecule is CCC(O)C1CCC(C(C)(C)C(C)C)CC1. The van der Waals surface area contributed by atoms with E-state index in [1.165, 1.54) is 25.7 Å². The van der Waals surface area contributed by atoms with Gasteiger partial charge in [-0.05, 0) is 55.3 Å². The standard InChI is InChI=1S/C15H30O/c1-6-14(16)12-7-9-13(10-8-12)15(4,5)11(2)3/h11-14,16H,6-10H2,1-5H3. The Balaban J connectivity index is 2.49. The van der Waals surface area contributed by atoms with Crippen LogP contribution in [0.15, 0.2) is 0 Å². The minimum absolute atomic E-state index is 0.0527. The van der Waals surface area contributed by atoms with Crippen LogP contribution in [0.5, 0.6) is 0 Å². The van der Waals surface area contributed by atoms with Crippen molar-refractivity contribution in [2.75, 3.05) is 0 Å². The van der Waals surface area contributed by atoms with E-state index < -0.39 is 0 Å². The fourth-order valence-corrected chi connectivity index (χ4v) is 3.05. The maximum absolute atomic E-state index is 9.88. The first kappa shape index (κ1) is 14.0. The fourth-order valence-electron chi connectivity index (χ4n) is 3.05. The minimum Gasteiger partial charge on any atom is -0.393 e. The zero-order valence-corrected chi connectivity index (χ0v) is 11.8. The topological polar surface area (TPSA) is 20.2 Å². The Hall–Kier alpha value is -0.0400. The number of rotatable bonds is 4. The van der Waals surface area contributed by atoms with E-state index in [9.17, 15) is 5.11 Å². The Kier molecular flexibility index (Phi) is 4.85. The summed E-state index contributed by atoms with van der Waals surface area (Å²) in [5, 5.41) is 9.88. The van der Waals surface area contributed by atoms with E-state index in [0.29, 0.717) is 11.3 Å². The van der Waals surface area contributed by atoms with E-state index in [1.807, 2.05) is 0 Å². The summed E-state index contributed by atoms with van der Waals surface area (Å²) in [5.74, 6) is 2.18. The molecular formula is C15H30O. The second-order valence-corrected chi connectivity index (χ2v) is 6.56. The molecule has 1 aliphatic carbocycles. The quantitative estimate of drug-likeness (QED) is 0.760. The molecule has 0 spiro atoms. The fraction of sp³-hybridized carbons (Fsp3) is 1.00. The van der Waals surface area contributed by atoms with Gasteiger partial charge >= 0.3 is 0 Å². The summed E-state index contributed by atoms with van der Waals surface area (Å²) in [5.41, 5.74) is 0.460. The summed E-state index contributed by atoms with van der Waals surface area (Å²) >= 11 is 0. The van der Waals surface area contributed by atoms with Crippen LogP contribution in [0.4, 0.5) is 0 Å². The molecular weight excluding hydrogens is 196 g/mol. The number of hydrogen-bond donors (Lipinski definition) is 1. The van der Waals surface area contributed by atoms with Gasteiger partial charge in [-0.25, -0.2) is 0 Å². The third kappa shape index (κ3) is 3.00. The Morgan fingerprint density at radius 3 is 2.00 bits per heavy atom. The van der Waals surface area contributed by atoms with E-state index >= 15 is 0 Å². The number of hydrogen-bond acceptors (Lipinski definition) is 1. The predicted octanol–water partition coefficient (Wildman–Crippen LogP) is 4.25. The third-order valence-electron chi connectivity index (χ3n) is 5.27. The van der Waals surface area contributed by atoms with Crippen LogP contribution in [0.1, 0.15) is 66.7 Å². The molecule has 0 saturated heterocycles. The molecule has 0 amide bonds. The Bertz CT molecular complexity index is 199. The molecule has 1 heteroatoms. The number of aliphatic hydroxyl groups is 1. The average Bonchev–Trinajstić information content (AvgIpc) is 2.28. The van der Waals surface area contributed by atoms with Gasteiger partial charge in [0, 0.05) is 0 Å². The molecule has 1 aliphatic rings. The summed E-state index contributed by atoms with van der Waals surface area (Å²) < 4.78 is 0. The highest BCUT2D eigenvalue weighted by atomic mass is 16.3. The molecule has 0 heterocycles. The van der Waals surface area contributed by atoms with Crippen LogP contribution < -0.4 is 0 Å². The van der Waals surface area contributed by atoms with Crippen molar-refractivity contribution >= 4 is 0 Å². The van der Waals surface area contributed by atoms with E-state index in [2.05, 4.69) is 34.6 Å². The van der Waals surface area contributed by atoms with Gasteiger partial charge in [-0.3, -0.25) is 0 Å². The van der Waals surface area contributed by atoms with Gasteiger partial charge < -0.3 is 5.11 Å². The molecule has 0 aliphatic heterocycles. The van der Waals surface area contributed by atoms with Crippen molar-refractivity contribution < 1.29 is 5.11 Å². The molecule has 1 unspecified atom stereocenters. The maximum atomic E-state index is 9.88. The maximum Gasteiger partial charge on any atom is 0.0565 e. The summed E-state index contributed by atoms with van der Waals surface area (Å²) in [6, 6.07) is 0. The number of aliphatic hydroxyl groups excluding tert-OH is 1. The smallest absolute Gasteiger partial charge is 0.0565 e. The van der Waals surface area contributed by atoms with Gasteiger partial charge in [0.25, 0.3) is 0 Å². The molecule has 0 aromatic rings. The van der Waals surface area contributed by atoms with Gasteiger partial charge in [0.2, 0.25) is 0 Å². The van der Waals surface area contributed by atoms with Crippen LogP contribution in [0.25, 0.3) is 0 Å². The molecule has 1 N–H and O–H groups in total. The predicted molar refractivity (Wildman–Crippen MR) is 70.4 cm³/mol. The van der Waals surface area contributed by atoms with Crippen LogP contribution in [0.2, 0.25) is 0 Å². The van der Waals surface area contributed by atoms with Crippen LogP contribution in [0.3, 0.4) is 0 Å². The van der Waals surface area contributed by atoms with E-state index in [1.54, 1.807) is 0 Å². The van der Waals surface area contributed by atoms with E-state index in [0.717, 1.165) is 18.3 Å². The van der Waals surface area contributed by atoms with Crippen LogP contribution in [-0.2, 0) is 0 Å². The van der Waals surface area contributed by atoms with E-state index in [4.69, 9.17) is 0 Å². The molecule has 1 atom stereocenters. The minimum atomic E-state index is -0.0527. The molecule has 1 nitrogen and oxygen atoms in total. The summed E-state index contributed by atoms with van der Waals surface area (Å²) in [4.78, 5) is 0. The first-order valence-electron chi connectivity index (χ1n) is 7.07. The van der Waals surface area contributed by atoms with E-state index in [-0.39, 0.29) is 6.10 Å². The van der Waals surface area contributed by atoms with Crippen molar-refractivity contribution in [3.63, 3.8) is 0 Å². The molecule has 96 valence electrons. The summed E-state index contributed by atoms with van der Waals surface area (Å²) in [6.07, 6.45) is 5.96. The van der Waals surface area contributed by atoms with Gasteiger partial charge in [0.05, 0.1) is 6.10 Å². The highest BCUT2D eigenvalue weighted by Crippen LogP contribution is 2.45. The van der Waals surface area contributed by atoms with Gasteiger partial charge in [-0.1, -0.05) is 34.6 Å². The molecule has 1 fully saturated rings. The van der Waals surface area contributed by atoms with Crippen LogP contribution in [-0.4, -0.2) is 11.2 Å². The Morgan fingerprint density at radius 2 is 1.62 bits per heavy atom. The normalized spacial score (nSPS) is 29.4. The molecule has 1 saturated carbocycles. The van der Waals surface area contributed by atoms with Gasteiger partial charge in [-0.15, -0.1) is 0 Å². The van der Waals surface area contributed by atoms with Crippen molar-refractivity contribution in [3.05, 3.63) is 0 Å². The molecule has 1 rings (SSSR count). The second kappa shape index (κ2) is 5.53. The largest absolute Gasteiger partial charge is 0.393 e. The first-order valence-corrected chi connectivity index (χ1v) is 7.07. The van der Waals surface area contributed by atoms with Crippen LogP contribution >= 0.6 is 0 Å². The van der Waals surface area contributed by atoms with Crippen molar-refractivity contribution in [3.8, 4) is 0 Å². The second-order valence-electron chi connectivity index (χ2n) is 6.56. The van der Waals surface area contributed by atoms with Crippen molar-refractivity contribution in [1.29, 1.82) is 0 Å². The highest BCUT2D eigenvalue weighted by molar-refractivity contribution is 4.86. The lowest BCUT2D eigenvalue weighted by molar-refractivity contribution is 0.0326. The Labute approximate surface area is 102 Å². The zero-order chi connectivity index (χ0) is 12.3. The summed E-state index contributed by atoms with van der Waals surface area (Å²) in [6.45, 7) is 11.6. The zero-order valence-electron chi connectivity index (χ0n) is 11.8. The average molecular weight is 226 g/mol. The molecule has 0 aromatic carbocycles. The van der Waals surface area contributed by atoms with Gasteiger partial charge in [0.1, 0.15) is 0 Å². The van der Waals surface area contributed by atoms with Crippen molar-refractivity contribution in [1.82, 2.24) is 0 Å². The molecule has 0 radical (unpaired) electrons. The monoisotopic (exact) mass is 226 g/mol. The van der Waals surface area contributed by atoms with Crippen LogP contribution in [0, 0.1) is 23.2 Å². The summed E-state index contributed by atoms with van der Waals surface area (Å²) in [7, 11) is 0. The van der Waals surface area contributed by atoms with Crippen molar-refractivity contribution in [2.24, 2.45) is 23.2 Å². The molecule has 16 heavy (non-hydrogen) atoms. The third-order valence-corrected chi connectivity index (χ3v) is 5.27. The highest BCUT2D eigenvalue weighted by Gasteiger charge is 2.36. The molecule has 0 aromatic heterocycles. The Morgan fingerprint density at radius 1 is 1.12 bits per heavy atom. The van der Waals surface area contributed by atoms with Crippen molar-refractivity contribution in [2.45, 2.75) is 72.8 Å². The van der Waals surface area contributed by atoms with Gasteiger partial charge in [-0.2, -0.15) is 0 Å².